The van der Waals surface area contributed by atoms with Crippen molar-refractivity contribution >= 4 is 6.03 Å². The van der Waals surface area contributed by atoms with Crippen LogP contribution in [0, 0.1) is 0 Å². The van der Waals surface area contributed by atoms with Gasteiger partial charge in [-0.3, -0.25) is 4.79 Å². The fraction of sp³-hybridized carbons (Fsp3) is 0.476. The van der Waals surface area contributed by atoms with Gasteiger partial charge in [0.1, 0.15) is 5.82 Å². The van der Waals surface area contributed by atoms with Crippen molar-refractivity contribution in [2.45, 2.75) is 64.1 Å². The smallest absolute Gasteiger partial charge is 0.318 e. The summed E-state index contributed by atoms with van der Waals surface area (Å²) in [5.41, 5.74) is 2.09. The van der Waals surface area contributed by atoms with Gasteiger partial charge in [0, 0.05) is 41.6 Å². The molecular formula is C21H26N4O2. The van der Waals surface area contributed by atoms with Crippen molar-refractivity contribution in [3.63, 3.8) is 0 Å². The summed E-state index contributed by atoms with van der Waals surface area (Å²) in [6.45, 7) is 5.95. The number of nitrogens with zero attached hydrogens (tertiary/aromatic N) is 2. The van der Waals surface area contributed by atoms with Gasteiger partial charge in [-0.05, 0) is 33.6 Å². The highest BCUT2D eigenvalue weighted by Gasteiger charge is 2.41. The van der Waals surface area contributed by atoms with Gasteiger partial charge in [-0.1, -0.05) is 30.3 Å². The normalized spacial score (nSPS) is 21.5. The average Bonchev–Trinajstić information content (AvgIpc) is 2.89. The monoisotopic (exact) mass is 366 g/mol. The summed E-state index contributed by atoms with van der Waals surface area (Å²) in [6, 6.07) is 9.80. The molecular weight excluding hydrogens is 340 g/mol. The van der Waals surface area contributed by atoms with Crippen LogP contribution in [0.3, 0.4) is 0 Å². The second-order valence-corrected chi connectivity index (χ2v) is 8.59. The summed E-state index contributed by atoms with van der Waals surface area (Å²) in [5, 5.41) is 3.08. The molecule has 0 spiro atoms. The minimum absolute atomic E-state index is 0.0393. The molecule has 0 radical (unpaired) electrons. The van der Waals surface area contributed by atoms with Crippen LogP contribution < -0.4 is 10.9 Å². The lowest BCUT2D eigenvalue weighted by Gasteiger charge is -2.32. The summed E-state index contributed by atoms with van der Waals surface area (Å²) in [4.78, 5) is 35.3. The average molecular weight is 366 g/mol. The Hall–Kier alpha value is -2.63. The minimum Gasteiger partial charge on any atom is -0.333 e. The zero-order valence-electron chi connectivity index (χ0n) is 16.1. The van der Waals surface area contributed by atoms with Gasteiger partial charge in [0.15, 0.2) is 0 Å². The molecule has 1 fully saturated rings. The maximum Gasteiger partial charge on any atom is 0.318 e. The zero-order chi connectivity index (χ0) is 19.2. The molecule has 2 bridgehead atoms. The number of amides is 2. The van der Waals surface area contributed by atoms with Gasteiger partial charge >= 0.3 is 6.03 Å². The standard InChI is InChI=1S/C21H26N4O2/c1-21(2,3)24-20(27)25-14-9-10-15(25)12-17-16(11-14)19(26)23-18(22-17)13-7-5-4-6-8-13/h4-8,14-15H,9-12H2,1-3H3,(H,24,27)(H,22,23,26). The third kappa shape index (κ3) is 3.48. The van der Waals surface area contributed by atoms with E-state index in [1.807, 2.05) is 56.0 Å². The molecule has 4 rings (SSSR count). The lowest BCUT2D eigenvalue weighted by atomic mass is 9.98. The van der Waals surface area contributed by atoms with E-state index in [4.69, 9.17) is 4.98 Å². The molecule has 3 heterocycles. The van der Waals surface area contributed by atoms with Crippen molar-refractivity contribution in [3.05, 3.63) is 51.9 Å². The molecule has 6 nitrogen and oxygen atoms in total. The van der Waals surface area contributed by atoms with Crippen LogP contribution in [-0.4, -0.2) is 38.5 Å². The predicted octanol–water partition coefficient (Wildman–Crippen LogP) is 2.88. The quantitative estimate of drug-likeness (QED) is 0.815. The molecule has 27 heavy (non-hydrogen) atoms. The molecule has 1 aromatic heterocycles. The first-order chi connectivity index (χ1) is 12.8. The second-order valence-electron chi connectivity index (χ2n) is 8.59. The first-order valence-corrected chi connectivity index (χ1v) is 9.60. The minimum atomic E-state index is -0.286. The summed E-state index contributed by atoms with van der Waals surface area (Å²) in [5.74, 6) is 0.600. The van der Waals surface area contributed by atoms with E-state index in [1.54, 1.807) is 0 Å². The molecule has 2 N–H and O–H groups in total. The number of fused-ring (bicyclic) bond motifs is 3. The fourth-order valence-corrected chi connectivity index (χ4v) is 4.19. The highest BCUT2D eigenvalue weighted by atomic mass is 16.2. The lowest BCUT2D eigenvalue weighted by Crippen LogP contribution is -2.52. The summed E-state index contributed by atoms with van der Waals surface area (Å²) in [7, 11) is 0. The number of carbonyl (C=O) groups is 1. The molecule has 2 aliphatic heterocycles. The Kier molecular flexibility index (Phi) is 4.29. The second kappa shape index (κ2) is 6.51. The SMILES string of the molecule is CC(C)(C)NC(=O)N1C2CCC1Cc1c(nc(-c3ccccc3)[nH]c1=O)C2. The maximum atomic E-state index is 12.9. The number of urea groups is 1. The number of benzene rings is 1. The highest BCUT2D eigenvalue weighted by molar-refractivity contribution is 5.76. The van der Waals surface area contributed by atoms with Gasteiger partial charge in [-0.15, -0.1) is 0 Å². The maximum absolute atomic E-state index is 12.9. The molecule has 2 aliphatic rings. The molecule has 142 valence electrons. The Morgan fingerprint density at radius 2 is 1.81 bits per heavy atom. The van der Waals surface area contributed by atoms with Gasteiger partial charge in [0.2, 0.25) is 0 Å². The number of H-pyrrole nitrogens is 1. The number of rotatable bonds is 1. The van der Waals surface area contributed by atoms with E-state index in [-0.39, 0.29) is 29.2 Å². The Bertz CT molecular complexity index is 914. The number of aromatic nitrogens is 2. The van der Waals surface area contributed by atoms with E-state index in [0.29, 0.717) is 18.7 Å². The largest absolute Gasteiger partial charge is 0.333 e. The zero-order valence-corrected chi connectivity index (χ0v) is 16.1. The molecule has 2 aromatic rings. The lowest BCUT2D eigenvalue weighted by molar-refractivity contribution is 0.165. The first-order valence-electron chi connectivity index (χ1n) is 9.60. The fourth-order valence-electron chi connectivity index (χ4n) is 4.19. The molecule has 2 amide bonds. The van der Waals surface area contributed by atoms with Crippen LogP contribution in [0.15, 0.2) is 35.1 Å². The molecule has 6 heteroatoms. The summed E-state index contributed by atoms with van der Waals surface area (Å²) >= 11 is 0. The van der Waals surface area contributed by atoms with Crippen LogP contribution in [0.5, 0.6) is 0 Å². The number of hydrogen-bond acceptors (Lipinski definition) is 3. The third-order valence-corrected chi connectivity index (χ3v) is 5.35. The van der Waals surface area contributed by atoms with E-state index in [1.165, 1.54) is 0 Å². The topological polar surface area (TPSA) is 78.1 Å². The molecule has 2 atom stereocenters. The Morgan fingerprint density at radius 1 is 1.15 bits per heavy atom. The van der Waals surface area contributed by atoms with Crippen LogP contribution in [0.1, 0.15) is 44.9 Å². The van der Waals surface area contributed by atoms with Crippen molar-refractivity contribution in [1.82, 2.24) is 20.2 Å². The number of nitrogens with one attached hydrogen (secondary N) is 2. The van der Waals surface area contributed by atoms with Crippen molar-refractivity contribution in [1.29, 1.82) is 0 Å². The summed E-state index contributed by atoms with van der Waals surface area (Å²) in [6.07, 6.45) is 3.09. The number of hydrogen-bond donors (Lipinski definition) is 2. The van der Waals surface area contributed by atoms with E-state index in [2.05, 4.69) is 10.3 Å². The van der Waals surface area contributed by atoms with Crippen LogP contribution in [0.2, 0.25) is 0 Å². The van der Waals surface area contributed by atoms with Gasteiger partial charge in [-0.25, -0.2) is 9.78 Å². The molecule has 0 aliphatic carbocycles. The third-order valence-electron chi connectivity index (χ3n) is 5.35. The van der Waals surface area contributed by atoms with Crippen LogP contribution in [-0.2, 0) is 12.8 Å². The number of aromatic amines is 1. The Balaban J connectivity index is 1.68. The van der Waals surface area contributed by atoms with E-state index in [0.717, 1.165) is 29.7 Å². The molecule has 1 saturated heterocycles. The summed E-state index contributed by atoms with van der Waals surface area (Å²) < 4.78 is 0. The van der Waals surface area contributed by atoms with E-state index >= 15 is 0 Å². The van der Waals surface area contributed by atoms with Crippen molar-refractivity contribution < 1.29 is 4.79 Å². The van der Waals surface area contributed by atoms with Crippen molar-refractivity contribution in [3.8, 4) is 11.4 Å². The van der Waals surface area contributed by atoms with Crippen LogP contribution in [0.25, 0.3) is 11.4 Å². The molecule has 1 aromatic carbocycles. The van der Waals surface area contributed by atoms with Crippen molar-refractivity contribution in [2.75, 3.05) is 0 Å². The molecule has 0 saturated carbocycles. The van der Waals surface area contributed by atoms with Crippen LogP contribution in [0.4, 0.5) is 4.79 Å². The first kappa shape index (κ1) is 17.8. The van der Waals surface area contributed by atoms with E-state index in [9.17, 15) is 9.59 Å². The van der Waals surface area contributed by atoms with E-state index < -0.39 is 0 Å². The van der Waals surface area contributed by atoms with Gasteiger partial charge in [0.05, 0.1) is 5.69 Å². The van der Waals surface area contributed by atoms with Gasteiger partial charge in [0.25, 0.3) is 5.56 Å². The predicted molar refractivity (Wildman–Crippen MR) is 105 cm³/mol. The van der Waals surface area contributed by atoms with Crippen molar-refractivity contribution in [2.24, 2.45) is 0 Å². The van der Waals surface area contributed by atoms with Crippen LogP contribution >= 0.6 is 0 Å². The Morgan fingerprint density at radius 3 is 2.48 bits per heavy atom. The highest BCUT2D eigenvalue weighted by Crippen LogP contribution is 2.33. The van der Waals surface area contributed by atoms with Gasteiger partial charge < -0.3 is 15.2 Å². The van der Waals surface area contributed by atoms with Gasteiger partial charge in [-0.2, -0.15) is 0 Å². The molecule has 2 unspecified atom stereocenters. The number of carbonyl (C=O) groups excluding carboxylic acids is 1. The Labute approximate surface area is 159 Å².